The zero-order valence-electron chi connectivity index (χ0n) is 14.9. The van der Waals surface area contributed by atoms with Crippen molar-refractivity contribution in [2.45, 2.75) is 56.9 Å². The minimum Gasteiger partial charge on any atom is -0.388 e. The van der Waals surface area contributed by atoms with E-state index in [2.05, 4.69) is 15.5 Å². The van der Waals surface area contributed by atoms with E-state index in [0.29, 0.717) is 19.7 Å². The molecule has 8 nitrogen and oxygen atoms in total. The number of carbonyl (C=O) groups excluding carboxylic acids is 2. The van der Waals surface area contributed by atoms with Crippen LogP contribution in [0.15, 0.2) is 0 Å². The largest absolute Gasteiger partial charge is 0.388 e. The Balaban J connectivity index is 1.42. The van der Waals surface area contributed by atoms with Crippen LogP contribution in [0.3, 0.4) is 0 Å². The van der Waals surface area contributed by atoms with Gasteiger partial charge in [0.2, 0.25) is 5.91 Å². The standard InChI is InChI=1S/C17H30N4O4/c1-12(22)21-7-3-6-20(8-9-21)10-15-16(23)14(11-25-15)19-17(24)18-13-4-2-5-13/h13-16,23H,2-11H2,1H3,(H2,18,19,24)/t14-,15-,16+/m0/s1. The summed E-state index contributed by atoms with van der Waals surface area (Å²) < 4.78 is 5.73. The van der Waals surface area contributed by atoms with Gasteiger partial charge in [-0.05, 0) is 32.2 Å². The highest BCUT2D eigenvalue weighted by Gasteiger charge is 2.38. The Morgan fingerprint density at radius 3 is 2.60 bits per heavy atom. The number of aliphatic hydroxyl groups is 1. The number of nitrogens with one attached hydrogen (secondary N) is 2. The summed E-state index contributed by atoms with van der Waals surface area (Å²) in [5.74, 6) is 0.112. The van der Waals surface area contributed by atoms with E-state index in [1.54, 1.807) is 6.92 Å². The van der Waals surface area contributed by atoms with Gasteiger partial charge in [-0.1, -0.05) is 0 Å². The van der Waals surface area contributed by atoms with E-state index in [1.807, 2.05) is 4.90 Å². The quantitative estimate of drug-likeness (QED) is 0.634. The van der Waals surface area contributed by atoms with Crippen LogP contribution in [0.1, 0.15) is 32.6 Å². The van der Waals surface area contributed by atoms with Crippen LogP contribution in [0.5, 0.6) is 0 Å². The Kier molecular flexibility index (Phi) is 6.14. The second-order valence-electron chi connectivity index (χ2n) is 7.37. The van der Waals surface area contributed by atoms with E-state index in [-0.39, 0.29) is 30.1 Å². The van der Waals surface area contributed by atoms with E-state index >= 15 is 0 Å². The summed E-state index contributed by atoms with van der Waals surface area (Å²) in [6, 6.07) is -0.313. The Labute approximate surface area is 148 Å². The summed E-state index contributed by atoms with van der Waals surface area (Å²) in [4.78, 5) is 27.5. The smallest absolute Gasteiger partial charge is 0.315 e. The van der Waals surface area contributed by atoms with Crippen molar-refractivity contribution in [3.8, 4) is 0 Å². The molecule has 3 atom stereocenters. The van der Waals surface area contributed by atoms with Crippen LogP contribution in [0.4, 0.5) is 4.79 Å². The molecule has 142 valence electrons. The van der Waals surface area contributed by atoms with Crippen molar-refractivity contribution < 1.29 is 19.4 Å². The molecular formula is C17H30N4O4. The summed E-state index contributed by atoms with van der Waals surface area (Å²) >= 11 is 0. The third-order valence-electron chi connectivity index (χ3n) is 5.51. The fourth-order valence-electron chi connectivity index (χ4n) is 3.64. The summed E-state index contributed by atoms with van der Waals surface area (Å²) in [5, 5.41) is 16.2. The minimum absolute atomic E-state index is 0.112. The number of amides is 3. The van der Waals surface area contributed by atoms with Crippen molar-refractivity contribution in [3.63, 3.8) is 0 Å². The lowest BCUT2D eigenvalue weighted by atomic mass is 9.93. The molecule has 0 spiro atoms. The fourth-order valence-corrected chi connectivity index (χ4v) is 3.64. The zero-order chi connectivity index (χ0) is 17.8. The first kappa shape index (κ1) is 18.4. The molecule has 3 amide bonds. The van der Waals surface area contributed by atoms with Crippen molar-refractivity contribution in [1.82, 2.24) is 20.4 Å². The predicted octanol–water partition coefficient (Wildman–Crippen LogP) is -0.479. The van der Waals surface area contributed by atoms with Crippen molar-refractivity contribution in [3.05, 3.63) is 0 Å². The second kappa shape index (κ2) is 8.33. The Morgan fingerprint density at radius 1 is 1.12 bits per heavy atom. The molecule has 0 aromatic carbocycles. The molecule has 0 aromatic heterocycles. The monoisotopic (exact) mass is 354 g/mol. The maximum absolute atomic E-state index is 12.0. The average Bonchev–Trinajstić information content (AvgIpc) is 2.75. The molecule has 0 bridgehead atoms. The lowest BCUT2D eigenvalue weighted by Crippen LogP contribution is -2.52. The Hall–Kier alpha value is -1.38. The van der Waals surface area contributed by atoms with Crippen LogP contribution in [0.25, 0.3) is 0 Å². The first-order valence-electron chi connectivity index (χ1n) is 9.37. The van der Waals surface area contributed by atoms with Gasteiger partial charge in [-0.25, -0.2) is 4.79 Å². The molecule has 3 rings (SSSR count). The first-order valence-corrected chi connectivity index (χ1v) is 9.37. The number of nitrogens with zero attached hydrogens (tertiary/aromatic N) is 2. The third kappa shape index (κ3) is 4.83. The maximum atomic E-state index is 12.0. The summed E-state index contributed by atoms with van der Waals surface area (Å²) in [7, 11) is 0. The van der Waals surface area contributed by atoms with Gasteiger partial charge in [0, 0.05) is 39.1 Å². The lowest BCUT2D eigenvalue weighted by Gasteiger charge is -2.28. The molecule has 3 fully saturated rings. The van der Waals surface area contributed by atoms with Gasteiger partial charge in [-0.15, -0.1) is 0 Å². The Bertz CT molecular complexity index is 485. The van der Waals surface area contributed by atoms with E-state index in [1.165, 1.54) is 6.42 Å². The number of hydrogen-bond donors (Lipinski definition) is 3. The van der Waals surface area contributed by atoms with Crippen LogP contribution >= 0.6 is 0 Å². The molecule has 2 saturated heterocycles. The van der Waals surface area contributed by atoms with Gasteiger partial charge in [0.05, 0.1) is 18.8 Å². The molecule has 25 heavy (non-hydrogen) atoms. The van der Waals surface area contributed by atoms with Gasteiger partial charge < -0.3 is 25.4 Å². The highest BCUT2D eigenvalue weighted by Crippen LogP contribution is 2.19. The molecule has 3 N–H and O–H groups in total. The maximum Gasteiger partial charge on any atom is 0.315 e. The van der Waals surface area contributed by atoms with E-state index in [0.717, 1.165) is 38.9 Å². The van der Waals surface area contributed by atoms with Gasteiger partial charge in [0.1, 0.15) is 6.10 Å². The van der Waals surface area contributed by atoms with Crippen LogP contribution in [-0.4, -0.2) is 90.5 Å². The van der Waals surface area contributed by atoms with Gasteiger partial charge in [0.25, 0.3) is 0 Å². The summed E-state index contributed by atoms with van der Waals surface area (Å²) in [6.07, 6.45) is 3.14. The molecule has 2 heterocycles. The lowest BCUT2D eigenvalue weighted by molar-refractivity contribution is -0.128. The van der Waals surface area contributed by atoms with Crippen molar-refractivity contribution in [2.24, 2.45) is 0 Å². The van der Waals surface area contributed by atoms with Gasteiger partial charge in [-0.2, -0.15) is 0 Å². The number of ether oxygens (including phenoxy) is 1. The van der Waals surface area contributed by atoms with Crippen molar-refractivity contribution in [2.75, 3.05) is 39.3 Å². The van der Waals surface area contributed by atoms with Crippen LogP contribution in [-0.2, 0) is 9.53 Å². The van der Waals surface area contributed by atoms with Gasteiger partial charge in [0.15, 0.2) is 0 Å². The molecular weight excluding hydrogens is 324 g/mol. The molecule has 2 aliphatic heterocycles. The zero-order valence-corrected chi connectivity index (χ0v) is 14.9. The number of urea groups is 1. The highest BCUT2D eigenvalue weighted by molar-refractivity contribution is 5.74. The molecule has 1 saturated carbocycles. The second-order valence-corrected chi connectivity index (χ2v) is 7.37. The molecule has 1 aliphatic carbocycles. The minimum atomic E-state index is -0.709. The number of aliphatic hydroxyl groups excluding tert-OH is 1. The van der Waals surface area contributed by atoms with Crippen LogP contribution in [0, 0.1) is 0 Å². The SMILES string of the molecule is CC(=O)N1CCCN(C[C@@H]2OC[C@H](NC(=O)NC3CCC3)[C@H]2O)CC1. The van der Waals surface area contributed by atoms with Gasteiger partial charge in [-0.3, -0.25) is 9.69 Å². The number of carbonyl (C=O) groups is 2. The first-order chi connectivity index (χ1) is 12.0. The fraction of sp³-hybridized carbons (Fsp3) is 0.882. The normalized spacial score (nSPS) is 31.3. The van der Waals surface area contributed by atoms with E-state index in [4.69, 9.17) is 4.74 Å². The van der Waals surface area contributed by atoms with Crippen LogP contribution < -0.4 is 10.6 Å². The molecule has 0 aromatic rings. The third-order valence-corrected chi connectivity index (χ3v) is 5.51. The topological polar surface area (TPSA) is 94.1 Å². The van der Waals surface area contributed by atoms with E-state index < -0.39 is 6.10 Å². The average molecular weight is 354 g/mol. The predicted molar refractivity (Wildman–Crippen MR) is 92.2 cm³/mol. The Morgan fingerprint density at radius 2 is 1.92 bits per heavy atom. The molecule has 0 unspecified atom stereocenters. The van der Waals surface area contributed by atoms with E-state index in [9.17, 15) is 14.7 Å². The highest BCUT2D eigenvalue weighted by atomic mass is 16.5. The molecule has 0 radical (unpaired) electrons. The molecule has 3 aliphatic rings. The van der Waals surface area contributed by atoms with Crippen molar-refractivity contribution in [1.29, 1.82) is 0 Å². The summed E-state index contributed by atoms with van der Waals surface area (Å²) in [5.41, 5.74) is 0. The van der Waals surface area contributed by atoms with Crippen LogP contribution in [0.2, 0.25) is 0 Å². The molecule has 8 heteroatoms. The van der Waals surface area contributed by atoms with Crippen molar-refractivity contribution >= 4 is 11.9 Å². The number of hydrogen-bond acceptors (Lipinski definition) is 5. The summed E-state index contributed by atoms with van der Waals surface area (Å²) in [6.45, 7) is 5.72. The number of rotatable bonds is 4. The van der Waals surface area contributed by atoms with Gasteiger partial charge >= 0.3 is 6.03 Å².